The van der Waals surface area contributed by atoms with Crippen LogP contribution in [0.4, 0.5) is 0 Å². The predicted molar refractivity (Wildman–Crippen MR) is 137 cm³/mol. The molecule has 0 fully saturated rings. The van der Waals surface area contributed by atoms with E-state index in [0.717, 1.165) is 11.5 Å². The van der Waals surface area contributed by atoms with Crippen molar-refractivity contribution in [2.45, 2.75) is 105 Å². The van der Waals surface area contributed by atoms with Gasteiger partial charge in [0.1, 0.15) is 11.5 Å². The van der Waals surface area contributed by atoms with E-state index in [0.29, 0.717) is 23.7 Å². The van der Waals surface area contributed by atoms with E-state index in [-0.39, 0.29) is 5.16 Å². The zero-order valence-corrected chi connectivity index (χ0v) is 22.4. The highest BCUT2D eigenvalue weighted by Crippen LogP contribution is 2.53. The third-order valence-electron chi connectivity index (χ3n) is 5.56. The summed E-state index contributed by atoms with van der Waals surface area (Å²) in [5.41, 5.74) is 5.21. The van der Waals surface area contributed by atoms with E-state index in [9.17, 15) is 0 Å². The Kier molecular flexibility index (Phi) is 8.62. The largest absolute Gasteiger partial charge is 0.438 e. The Morgan fingerprint density at radius 1 is 0.581 bits per heavy atom. The van der Waals surface area contributed by atoms with Crippen LogP contribution in [0.5, 0.6) is 11.5 Å². The first-order chi connectivity index (χ1) is 14.3. The van der Waals surface area contributed by atoms with Crippen LogP contribution in [-0.2, 0) is 0 Å². The number of rotatable bonds is 8. The standard InChI is InChI=1S/C28H43O2P/c1-18(2)22-12-14-26(24(16-22)20(5)6)29-31(28(9,10)11)30-27-15-13-23(19(3)4)17-25(27)21(7)8/h12-21H,1-11H3. The van der Waals surface area contributed by atoms with Gasteiger partial charge in [-0.1, -0.05) is 79.7 Å². The van der Waals surface area contributed by atoms with Gasteiger partial charge in [0.2, 0.25) is 0 Å². The molecule has 2 aromatic rings. The Balaban J connectivity index is 2.44. The van der Waals surface area contributed by atoms with Crippen molar-refractivity contribution in [3.63, 3.8) is 0 Å². The summed E-state index contributed by atoms with van der Waals surface area (Å²) in [6.45, 7) is 24.5. The van der Waals surface area contributed by atoms with Gasteiger partial charge in [-0.05, 0) is 78.8 Å². The topological polar surface area (TPSA) is 18.5 Å². The molecule has 0 unspecified atom stereocenters. The molecule has 2 nitrogen and oxygen atoms in total. The highest BCUT2D eigenvalue weighted by Gasteiger charge is 2.33. The van der Waals surface area contributed by atoms with Crippen molar-refractivity contribution in [2.75, 3.05) is 0 Å². The van der Waals surface area contributed by atoms with Crippen LogP contribution in [0.25, 0.3) is 0 Å². The van der Waals surface area contributed by atoms with E-state index in [1.807, 2.05) is 0 Å². The van der Waals surface area contributed by atoms with E-state index in [2.05, 4.69) is 113 Å². The normalized spacial score (nSPS) is 12.5. The molecule has 0 heterocycles. The van der Waals surface area contributed by atoms with Crippen LogP contribution in [0.2, 0.25) is 0 Å². The molecule has 0 atom stereocenters. The average Bonchev–Trinajstić information content (AvgIpc) is 2.66. The van der Waals surface area contributed by atoms with Crippen LogP contribution in [-0.4, -0.2) is 5.16 Å². The molecular weight excluding hydrogens is 399 g/mol. The lowest BCUT2D eigenvalue weighted by atomic mass is 9.95. The zero-order valence-electron chi connectivity index (χ0n) is 21.5. The SMILES string of the molecule is CC(C)c1ccc(OP(Oc2ccc(C(C)C)cc2C(C)C)C(C)(C)C)c(C(C)C)c1. The molecule has 3 heteroatoms. The van der Waals surface area contributed by atoms with E-state index in [1.165, 1.54) is 22.3 Å². The summed E-state index contributed by atoms with van der Waals surface area (Å²) >= 11 is 0. The van der Waals surface area contributed by atoms with Crippen LogP contribution in [0.15, 0.2) is 36.4 Å². The van der Waals surface area contributed by atoms with Gasteiger partial charge in [0.05, 0.1) is 5.16 Å². The van der Waals surface area contributed by atoms with E-state index in [4.69, 9.17) is 9.05 Å². The molecule has 0 aromatic heterocycles. The molecule has 0 bridgehead atoms. The van der Waals surface area contributed by atoms with Gasteiger partial charge in [-0.2, -0.15) is 0 Å². The Morgan fingerprint density at radius 3 is 1.19 bits per heavy atom. The minimum atomic E-state index is -1.19. The third-order valence-corrected chi connectivity index (χ3v) is 7.38. The van der Waals surface area contributed by atoms with E-state index in [1.54, 1.807) is 0 Å². The second-order valence-corrected chi connectivity index (χ2v) is 13.0. The smallest absolute Gasteiger partial charge is 0.296 e. The van der Waals surface area contributed by atoms with Crippen molar-refractivity contribution in [2.24, 2.45) is 0 Å². The monoisotopic (exact) mass is 442 g/mol. The Labute approximate surface area is 192 Å². The summed E-state index contributed by atoms with van der Waals surface area (Å²) in [7, 11) is -1.19. The summed E-state index contributed by atoms with van der Waals surface area (Å²) < 4.78 is 13.3. The lowest BCUT2D eigenvalue weighted by Crippen LogP contribution is -2.19. The average molecular weight is 443 g/mol. The van der Waals surface area contributed by atoms with Gasteiger partial charge in [-0.15, -0.1) is 0 Å². The fraction of sp³-hybridized carbons (Fsp3) is 0.571. The van der Waals surface area contributed by atoms with Gasteiger partial charge < -0.3 is 9.05 Å². The first-order valence-corrected chi connectivity index (χ1v) is 12.9. The summed E-state index contributed by atoms with van der Waals surface area (Å²) in [6, 6.07) is 13.3. The van der Waals surface area contributed by atoms with E-state index < -0.39 is 8.38 Å². The van der Waals surface area contributed by atoms with Crippen molar-refractivity contribution < 1.29 is 9.05 Å². The fourth-order valence-corrected chi connectivity index (χ4v) is 4.67. The molecule has 0 radical (unpaired) electrons. The van der Waals surface area contributed by atoms with Gasteiger partial charge in [0, 0.05) is 0 Å². The van der Waals surface area contributed by atoms with Crippen LogP contribution in [0.1, 0.15) is 122 Å². The highest BCUT2D eigenvalue weighted by atomic mass is 31.2. The van der Waals surface area contributed by atoms with Gasteiger partial charge >= 0.3 is 0 Å². The zero-order chi connectivity index (χ0) is 23.5. The van der Waals surface area contributed by atoms with Crippen molar-refractivity contribution >= 4 is 8.38 Å². The van der Waals surface area contributed by atoms with E-state index >= 15 is 0 Å². The van der Waals surface area contributed by atoms with Gasteiger partial charge in [0.15, 0.2) is 0 Å². The first-order valence-electron chi connectivity index (χ1n) is 11.7. The molecule has 0 spiro atoms. The quantitative estimate of drug-likeness (QED) is 0.379. The molecule has 0 amide bonds. The van der Waals surface area contributed by atoms with Crippen LogP contribution < -0.4 is 9.05 Å². The maximum atomic E-state index is 6.67. The Morgan fingerprint density at radius 2 is 0.935 bits per heavy atom. The van der Waals surface area contributed by atoms with Gasteiger partial charge in [-0.3, -0.25) is 0 Å². The molecular formula is C28H43O2P. The third kappa shape index (κ3) is 6.72. The molecule has 2 rings (SSSR count). The number of hydrogen-bond donors (Lipinski definition) is 0. The molecule has 172 valence electrons. The van der Waals surface area contributed by atoms with Crippen molar-refractivity contribution in [1.29, 1.82) is 0 Å². The second kappa shape index (κ2) is 10.4. The minimum absolute atomic E-state index is 0.120. The van der Waals surface area contributed by atoms with Crippen molar-refractivity contribution in [3.8, 4) is 11.5 Å². The molecule has 31 heavy (non-hydrogen) atoms. The van der Waals surface area contributed by atoms with Crippen LogP contribution in [0.3, 0.4) is 0 Å². The minimum Gasteiger partial charge on any atom is -0.438 e. The van der Waals surface area contributed by atoms with Crippen LogP contribution in [0, 0.1) is 0 Å². The molecule has 0 saturated heterocycles. The maximum Gasteiger partial charge on any atom is 0.296 e. The Bertz CT molecular complexity index is 794. The van der Waals surface area contributed by atoms with Gasteiger partial charge in [0.25, 0.3) is 8.38 Å². The molecule has 0 aliphatic rings. The predicted octanol–water partition coefficient (Wildman–Crippen LogP) is 9.75. The first kappa shape index (κ1) is 25.7. The molecule has 0 aliphatic carbocycles. The van der Waals surface area contributed by atoms with Gasteiger partial charge in [-0.25, -0.2) is 0 Å². The number of hydrogen-bond acceptors (Lipinski definition) is 2. The summed E-state index contributed by atoms with van der Waals surface area (Å²) in [4.78, 5) is 0. The number of benzene rings is 2. The molecule has 0 aliphatic heterocycles. The summed E-state index contributed by atoms with van der Waals surface area (Å²) in [5, 5.41) is -0.120. The summed E-state index contributed by atoms with van der Waals surface area (Å²) in [5.74, 6) is 3.68. The molecule has 2 aromatic carbocycles. The molecule has 0 N–H and O–H groups in total. The molecule has 0 saturated carbocycles. The lowest BCUT2D eigenvalue weighted by Gasteiger charge is -2.31. The summed E-state index contributed by atoms with van der Waals surface area (Å²) in [6.07, 6.45) is 0. The maximum absolute atomic E-state index is 6.67. The lowest BCUT2D eigenvalue weighted by molar-refractivity contribution is 0.447. The van der Waals surface area contributed by atoms with Crippen molar-refractivity contribution in [3.05, 3.63) is 58.7 Å². The van der Waals surface area contributed by atoms with Crippen LogP contribution >= 0.6 is 8.38 Å². The second-order valence-electron chi connectivity index (χ2n) is 10.8. The highest BCUT2D eigenvalue weighted by molar-refractivity contribution is 7.49. The Hall–Kier alpha value is -1.53. The fourth-order valence-electron chi connectivity index (χ4n) is 3.39. The van der Waals surface area contributed by atoms with Crippen molar-refractivity contribution in [1.82, 2.24) is 0 Å².